The van der Waals surface area contributed by atoms with Gasteiger partial charge < -0.3 is 4.42 Å². The van der Waals surface area contributed by atoms with Crippen molar-refractivity contribution < 1.29 is 9.21 Å². The first-order valence-electron chi connectivity index (χ1n) is 10.2. The summed E-state index contributed by atoms with van der Waals surface area (Å²) in [6.07, 6.45) is 0. The maximum absolute atomic E-state index is 13.2. The van der Waals surface area contributed by atoms with Crippen molar-refractivity contribution in [1.29, 1.82) is 0 Å². The first-order chi connectivity index (χ1) is 15.8. The molecule has 0 bridgehead atoms. The number of amides is 1. The molecule has 0 saturated heterocycles. The summed E-state index contributed by atoms with van der Waals surface area (Å²) in [5, 5.41) is 10.9. The van der Waals surface area contributed by atoms with Crippen LogP contribution in [-0.4, -0.2) is 21.9 Å². The summed E-state index contributed by atoms with van der Waals surface area (Å²) in [6.45, 7) is 0. The molecule has 0 saturated carbocycles. The molecular formula is C26H19N3O2S. The highest BCUT2D eigenvalue weighted by molar-refractivity contribution is 7.99. The predicted octanol–water partition coefficient (Wildman–Crippen LogP) is 6.35. The Morgan fingerprint density at radius 1 is 0.750 bits per heavy atom. The molecule has 0 fully saturated rings. The van der Waals surface area contributed by atoms with E-state index in [0.717, 1.165) is 27.7 Å². The van der Waals surface area contributed by atoms with Gasteiger partial charge in [0.25, 0.3) is 5.22 Å². The maximum atomic E-state index is 13.2. The standard InChI is InChI=1S/C26H19N3O2S/c30-24(29(22-11-3-1-4-12-22)23-13-5-2-6-14-23)18-32-26-28-27-25(31-26)21-16-15-19-9-7-8-10-20(19)17-21/h1-17H,18H2. The van der Waals surface area contributed by atoms with Crippen LogP contribution in [0.2, 0.25) is 0 Å². The van der Waals surface area contributed by atoms with Crippen molar-refractivity contribution in [3.8, 4) is 11.5 Å². The van der Waals surface area contributed by atoms with Crippen molar-refractivity contribution in [3.05, 3.63) is 103 Å². The molecule has 1 amide bonds. The molecule has 0 aliphatic heterocycles. The first kappa shape index (κ1) is 20.0. The van der Waals surface area contributed by atoms with Crippen LogP contribution < -0.4 is 4.90 Å². The van der Waals surface area contributed by atoms with Gasteiger partial charge in [0.05, 0.1) is 5.75 Å². The third-order valence-electron chi connectivity index (χ3n) is 5.00. The number of carbonyl (C=O) groups is 1. The summed E-state index contributed by atoms with van der Waals surface area (Å²) < 4.78 is 5.83. The Morgan fingerprint density at radius 3 is 2.06 bits per heavy atom. The van der Waals surface area contributed by atoms with E-state index in [1.165, 1.54) is 11.8 Å². The van der Waals surface area contributed by atoms with Crippen molar-refractivity contribution in [1.82, 2.24) is 10.2 Å². The van der Waals surface area contributed by atoms with Crippen molar-refractivity contribution in [3.63, 3.8) is 0 Å². The Bertz CT molecular complexity index is 1310. The van der Waals surface area contributed by atoms with Gasteiger partial charge in [0, 0.05) is 16.9 Å². The molecule has 0 spiro atoms. The summed E-state index contributed by atoms with van der Waals surface area (Å²) in [5.74, 6) is 0.537. The molecule has 0 atom stereocenters. The summed E-state index contributed by atoms with van der Waals surface area (Å²) in [6, 6.07) is 33.3. The summed E-state index contributed by atoms with van der Waals surface area (Å²) >= 11 is 1.23. The molecule has 1 heterocycles. The zero-order valence-electron chi connectivity index (χ0n) is 17.1. The van der Waals surface area contributed by atoms with E-state index in [1.807, 2.05) is 97.1 Å². The van der Waals surface area contributed by atoms with Crippen molar-refractivity contribution in [2.75, 3.05) is 10.7 Å². The van der Waals surface area contributed by atoms with Crippen LogP contribution in [0.3, 0.4) is 0 Å². The van der Waals surface area contributed by atoms with E-state index >= 15 is 0 Å². The van der Waals surface area contributed by atoms with E-state index in [4.69, 9.17) is 4.42 Å². The highest BCUT2D eigenvalue weighted by atomic mass is 32.2. The lowest BCUT2D eigenvalue weighted by Gasteiger charge is -2.22. The number of rotatable bonds is 6. The second-order valence-electron chi connectivity index (χ2n) is 7.12. The monoisotopic (exact) mass is 437 g/mol. The maximum Gasteiger partial charge on any atom is 0.277 e. The molecular weight excluding hydrogens is 418 g/mol. The van der Waals surface area contributed by atoms with Crippen molar-refractivity contribution >= 4 is 39.8 Å². The number of thioether (sulfide) groups is 1. The number of hydrogen-bond acceptors (Lipinski definition) is 5. The SMILES string of the molecule is O=C(CSc1nnc(-c2ccc3ccccc3c2)o1)N(c1ccccc1)c1ccccc1. The number of anilines is 2. The molecule has 5 rings (SSSR count). The van der Waals surface area contributed by atoms with Gasteiger partial charge in [-0.25, -0.2) is 0 Å². The minimum atomic E-state index is -0.0714. The molecule has 0 aliphatic rings. The van der Waals surface area contributed by atoms with Crippen LogP contribution in [0.15, 0.2) is 113 Å². The third-order valence-corrected chi connectivity index (χ3v) is 5.80. The van der Waals surface area contributed by atoms with Crippen molar-refractivity contribution in [2.24, 2.45) is 0 Å². The Morgan fingerprint density at radius 2 is 1.38 bits per heavy atom. The van der Waals surface area contributed by atoms with Gasteiger partial charge in [-0.05, 0) is 47.2 Å². The zero-order valence-corrected chi connectivity index (χ0v) is 17.9. The molecule has 5 aromatic rings. The topological polar surface area (TPSA) is 59.2 Å². The lowest BCUT2D eigenvalue weighted by Crippen LogP contribution is -2.27. The van der Waals surface area contributed by atoms with Crippen LogP contribution in [0.5, 0.6) is 0 Å². The number of carbonyl (C=O) groups excluding carboxylic acids is 1. The van der Waals surface area contributed by atoms with E-state index in [1.54, 1.807) is 4.90 Å². The fourth-order valence-corrected chi connectivity index (χ4v) is 4.10. The van der Waals surface area contributed by atoms with Gasteiger partial charge in [0.1, 0.15) is 0 Å². The van der Waals surface area contributed by atoms with E-state index in [0.29, 0.717) is 11.1 Å². The van der Waals surface area contributed by atoms with Gasteiger partial charge in [-0.2, -0.15) is 0 Å². The van der Waals surface area contributed by atoms with E-state index < -0.39 is 0 Å². The highest BCUT2D eigenvalue weighted by Gasteiger charge is 2.19. The molecule has 0 radical (unpaired) electrons. The quantitative estimate of drug-likeness (QED) is 0.290. The van der Waals surface area contributed by atoms with Crippen molar-refractivity contribution in [2.45, 2.75) is 5.22 Å². The van der Waals surface area contributed by atoms with Gasteiger partial charge in [-0.3, -0.25) is 9.69 Å². The minimum Gasteiger partial charge on any atom is -0.411 e. The van der Waals surface area contributed by atoms with Gasteiger partial charge >= 0.3 is 0 Å². The molecule has 0 N–H and O–H groups in total. The van der Waals surface area contributed by atoms with Crippen LogP contribution in [-0.2, 0) is 4.79 Å². The van der Waals surface area contributed by atoms with E-state index in [2.05, 4.69) is 16.3 Å². The van der Waals surface area contributed by atoms with Gasteiger partial charge in [0.15, 0.2) is 0 Å². The highest BCUT2D eigenvalue weighted by Crippen LogP contribution is 2.29. The first-order valence-corrected chi connectivity index (χ1v) is 11.1. The number of benzene rings is 4. The van der Waals surface area contributed by atoms with Crippen LogP contribution in [0, 0.1) is 0 Å². The normalized spacial score (nSPS) is 10.9. The average molecular weight is 438 g/mol. The summed E-state index contributed by atoms with van der Waals surface area (Å²) in [4.78, 5) is 14.9. The molecule has 4 aromatic carbocycles. The molecule has 32 heavy (non-hydrogen) atoms. The van der Waals surface area contributed by atoms with Crippen LogP contribution in [0.1, 0.15) is 0 Å². The van der Waals surface area contributed by atoms with Crippen LogP contribution in [0.25, 0.3) is 22.2 Å². The molecule has 0 aliphatic carbocycles. The largest absolute Gasteiger partial charge is 0.411 e. The second kappa shape index (κ2) is 9.08. The molecule has 156 valence electrons. The molecule has 1 aromatic heterocycles. The summed E-state index contributed by atoms with van der Waals surface area (Å²) in [7, 11) is 0. The number of para-hydroxylation sites is 2. The van der Waals surface area contributed by atoms with Gasteiger partial charge in [-0.1, -0.05) is 78.5 Å². The Labute approximate surface area is 189 Å². The zero-order chi connectivity index (χ0) is 21.8. The predicted molar refractivity (Wildman–Crippen MR) is 128 cm³/mol. The van der Waals surface area contributed by atoms with Gasteiger partial charge in [-0.15, -0.1) is 10.2 Å². The number of nitrogens with zero attached hydrogens (tertiary/aromatic N) is 3. The third kappa shape index (κ3) is 4.26. The van der Waals surface area contributed by atoms with Crippen LogP contribution >= 0.6 is 11.8 Å². The fraction of sp³-hybridized carbons (Fsp3) is 0.0385. The van der Waals surface area contributed by atoms with E-state index in [9.17, 15) is 4.79 Å². The Kier molecular flexibility index (Phi) is 5.68. The average Bonchev–Trinajstić information content (AvgIpc) is 3.33. The lowest BCUT2D eigenvalue weighted by atomic mass is 10.1. The van der Waals surface area contributed by atoms with Gasteiger partial charge in [0.2, 0.25) is 11.8 Å². The Hall–Kier alpha value is -3.90. The number of fused-ring (bicyclic) bond motifs is 1. The molecule has 0 unspecified atom stereocenters. The minimum absolute atomic E-state index is 0.0714. The number of hydrogen-bond donors (Lipinski definition) is 0. The van der Waals surface area contributed by atoms with E-state index in [-0.39, 0.29) is 11.7 Å². The Balaban J connectivity index is 1.33. The molecule has 6 heteroatoms. The smallest absolute Gasteiger partial charge is 0.277 e. The van der Waals surface area contributed by atoms with Crippen LogP contribution in [0.4, 0.5) is 11.4 Å². The fourth-order valence-electron chi connectivity index (χ4n) is 3.49. The molecule has 5 nitrogen and oxygen atoms in total. The second-order valence-corrected chi connectivity index (χ2v) is 8.05. The summed E-state index contributed by atoms with van der Waals surface area (Å²) in [5.41, 5.74) is 2.47. The lowest BCUT2D eigenvalue weighted by molar-refractivity contribution is -0.115. The number of aromatic nitrogens is 2.